The van der Waals surface area contributed by atoms with Crippen molar-refractivity contribution in [3.05, 3.63) is 24.3 Å². The number of amides is 1. The zero-order chi connectivity index (χ0) is 13.5. The summed E-state index contributed by atoms with van der Waals surface area (Å²) >= 11 is 0. The molecule has 0 atom stereocenters. The van der Waals surface area contributed by atoms with Crippen LogP contribution in [0.4, 0.5) is 5.69 Å². The molecule has 0 unspecified atom stereocenters. The lowest BCUT2D eigenvalue weighted by Crippen LogP contribution is -2.11. The van der Waals surface area contributed by atoms with E-state index in [1.165, 1.54) is 0 Å². The highest BCUT2D eigenvalue weighted by Crippen LogP contribution is 2.18. The van der Waals surface area contributed by atoms with Crippen LogP contribution in [-0.2, 0) is 4.79 Å². The molecule has 0 saturated heterocycles. The van der Waals surface area contributed by atoms with Gasteiger partial charge < -0.3 is 10.4 Å². The molecule has 0 aliphatic rings. The minimum absolute atomic E-state index is 0.0706. The molecule has 0 bridgehead atoms. The Labute approximate surface area is 110 Å². The summed E-state index contributed by atoms with van der Waals surface area (Å²) in [4.78, 5) is 11.6. The van der Waals surface area contributed by atoms with Crippen molar-refractivity contribution in [2.45, 2.75) is 19.3 Å². The van der Waals surface area contributed by atoms with Gasteiger partial charge in [0.05, 0.1) is 0 Å². The van der Waals surface area contributed by atoms with Crippen molar-refractivity contribution in [2.75, 3.05) is 11.9 Å². The maximum atomic E-state index is 11.6. The van der Waals surface area contributed by atoms with E-state index < -0.39 is 0 Å². The number of aliphatic hydroxyl groups is 1. The number of tetrazole rings is 1. The maximum Gasteiger partial charge on any atom is 0.224 e. The summed E-state index contributed by atoms with van der Waals surface area (Å²) in [5, 5.41) is 25.1. The summed E-state index contributed by atoms with van der Waals surface area (Å²) in [6.07, 6.45) is 1.70. The van der Waals surface area contributed by atoms with Gasteiger partial charge in [-0.2, -0.15) is 5.21 Å². The van der Waals surface area contributed by atoms with Gasteiger partial charge in [-0.3, -0.25) is 4.79 Å². The Morgan fingerprint density at radius 2 is 2.26 bits per heavy atom. The standard InChI is InChI=1S/C12H15N5O2/c18-7-2-1-6-11(19)13-10-5-3-4-9(8-10)12-14-16-17-15-12/h3-5,8,18H,1-2,6-7H2,(H,13,19)(H,14,15,16,17). The Morgan fingerprint density at radius 1 is 1.37 bits per heavy atom. The first-order chi connectivity index (χ1) is 9.29. The molecular formula is C12H15N5O2. The Kier molecular flexibility index (Phi) is 4.57. The minimum atomic E-state index is -0.0706. The topological polar surface area (TPSA) is 104 Å². The van der Waals surface area contributed by atoms with Gasteiger partial charge in [0, 0.05) is 24.3 Å². The number of rotatable bonds is 6. The summed E-state index contributed by atoms with van der Waals surface area (Å²) in [5.74, 6) is 0.412. The number of H-pyrrole nitrogens is 1. The third-order valence-electron chi connectivity index (χ3n) is 2.56. The average Bonchev–Trinajstić information content (AvgIpc) is 2.93. The molecule has 0 saturated carbocycles. The van der Waals surface area contributed by atoms with Crippen molar-refractivity contribution < 1.29 is 9.90 Å². The monoisotopic (exact) mass is 261 g/mol. The second kappa shape index (κ2) is 6.60. The molecule has 0 spiro atoms. The smallest absolute Gasteiger partial charge is 0.224 e. The van der Waals surface area contributed by atoms with Crippen LogP contribution in [0.25, 0.3) is 11.4 Å². The van der Waals surface area contributed by atoms with E-state index in [4.69, 9.17) is 5.11 Å². The summed E-state index contributed by atoms with van der Waals surface area (Å²) in [6, 6.07) is 7.24. The fraction of sp³-hybridized carbons (Fsp3) is 0.333. The van der Waals surface area contributed by atoms with Gasteiger partial charge in [-0.25, -0.2) is 0 Å². The molecule has 1 heterocycles. The van der Waals surface area contributed by atoms with Crippen LogP contribution >= 0.6 is 0 Å². The highest BCUT2D eigenvalue weighted by atomic mass is 16.3. The second-order valence-electron chi connectivity index (χ2n) is 4.05. The molecule has 19 heavy (non-hydrogen) atoms. The van der Waals surface area contributed by atoms with E-state index in [0.717, 1.165) is 5.56 Å². The molecule has 0 aliphatic carbocycles. The summed E-state index contributed by atoms with van der Waals surface area (Å²) in [7, 11) is 0. The third-order valence-corrected chi connectivity index (χ3v) is 2.56. The SMILES string of the molecule is O=C(CCCCO)Nc1cccc(-c2nn[nH]n2)c1. The van der Waals surface area contributed by atoms with Gasteiger partial charge in [0.15, 0.2) is 0 Å². The molecule has 100 valence electrons. The van der Waals surface area contributed by atoms with Crippen LogP contribution < -0.4 is 5.32 Å². The van der Waals surface area contributed by atoms with Crippen LogP contribution in [0, 0.1) is 0 Å². The van der Waals surface area contributed by atoms with E-state index in [-0.39, 0.29) is 12.5 Å². The number of aromatic nitrogens is 4. The molecular weight excluding hydrogens is 246 g/mol. The molecule has 1 aromatic heterocycles. The van der Waals surface area contributed by atoms with Crippen LogP contribution in [0.2, 0.25) is 0 Å². The first kappa shape index (κ1) is 13.2. The second-order valence-corrected chi connectivity index (χ2v) is 4.05. The van der Waals surface area contributed by atoms with Gasteiger partial charge in [0.1, 0.15) is 0 Å². The van der Waals surface area contributed by atoms with Crippen molar-refractivity contribution in [3.63, 3.8) is 0 Å². The molecule has 0 radical (unpaired) electrons. The van der Waals surface area contributed by atoms with Gasteiger partial charge in [-0.15, -0.1) is 10.2 Å². The van der Waals surface area contributed by atoms with Gasteiger partial charge in [-0.05, 0) is 30.2 Å². The van der Waals surface area contributed by atoms with Crippen LogP contribution in [0.5, 0.6) is 0 Å². The van der Waals surface area contributed by atoms with Crippen molar-refractivity contribution in [2.24, 2.45) is 0 Å². The zero-order valence-corrected chi connectivity index (χ0v) is 10.3. The molecule has 1 aromatic carbocycles. The number of nitrogens with zero attached hydrogens (tertiary/aromatic N) is 3. The van der Waals surface area contributed by atoms with E-state index in [1.807, 2.05) is 12.1 Å². The van der Waals surface area contributed by atoms with Crippen LogP contribution in [0.3, 0.4) is 0 Å². The van der Waals surface area contributed by atoms with Gasteiger partial charge in [-0.1, -0.05) is 12.1 Å². The fourth-order valence-electron chi connectivity index (χ4n) is 1.64. The Hall–Kier alpha value is -2.28. The number of carbonyl (C=O) groups is 1. The zero-order valence-electron chi connectivity index (χ0n) is 10.3. The Morgan fingerprint density at radius 3 is 3.00 bits per heavy atom. The van der Waals surface area contributed by atoms with E-state index in [0.29, 0.717) is 30.8 Å². The van der Waals surface area contributed by atoms with Gasteiger partial charge >= 0.3 is 0 Å². The lowest BCUT2D eigenvalue weighted by Gasteiger charge is -2.05. The van der Waals surface area contributed by atoms with Crippen molar-refractivity contribution in [3.8, 4) is 11.4 Å². The summed E-state index contributed by atoms with van der Waals surface area (Å²) < 4.78 is 0. The minimum Gasteiger partial charge on any atom is -0.396 e. The fourth-order valence-corrected chi connectivity index (χ4v) is 1.64. The highest BCUT2D eigenvalue weighted by Gasteiger charge is 2.06. The molecule has 1 amide bonds. The number of hydrogen-bond acceptors (Lipinski definition) is 5. The molecule has 2 aromatic rings. The molecule has 0 fully saturated rings. The Bertz CT molecular complexity index is 527. The van der Waals surface area contributed by atoms with Crippen molar-refractivity contribution in [1.82, 2.24) is 20.6 Å². The first-order valence-electron chi connectivity index (χ1n) is 6.04. The summed E-state index contributed by atoms with van der Waals surface area (Å²) in [6.45, 7) is 0.112. The van der Waals surface area contributed by atoms with Crippen molar-refractivity contribution >= 4 is 11.6 Å². The molecule has 7 nitrogen and oxygen atoms in total. The lowest BCUT2D eigenvalue weighted by molar-refractivity contribution is -0.116. The highest BCUT2D eigenvalue weighted by molar-refractivity contribution is 5.91. The van der Waals surface area contributed by atoms with Crippen LogP contribution in [-0.4, -0.2) is 38.2 Å². The normalized spacial score (nSPS) is 10.4. The summed E-state index contributed by atoms with van der Waals surface area (Å²) in [5.41, 5.74) is 1.47. The van der Waals surface area contributed by atoms with E-state index in [9.17, 15) is 4.79 Å². The number of unbranched alkanes of at least 4 members (excludes halogenated alkanes) is 1. The van der Waals surface area contributed by atoms with Crippen LogP contribution in [0.1, 0.15) is 19.3 Å². The number of aliphatic hydroxyl groups excluding tert-OH is 1. The first-order valence-corrected chi connectivity index (χ1v) is 6.04. The third kappa shape index (κ3) is 3.85. The largest absolute Gasteiger partial charge is 0.396 e. The number of benzene rings is 1. The predicted octanol–water partition coefficient (Wildman–Crippen LogP) is 0.968. The number of aromatic amines is 1. The van der Waals surface area contributed by atoms with Gasteiger partial charge in [0.25, 0.3) is 0 Å². The number of hydrogen-bond donors (Lipinski definition) is 3. The van der Waals surface area contributed by atoms with E-state index in [1.54, 1.807) is 12.1 Å². The van der Waals surface area contributed by atoms with Gasteiger partial charge in [0.2, 0.25) is 11.7 Å². The number of nitrogens with one attached hydrogen (secondary N) is 2. The Balaban J connectivity index is 1.97. The lowest BCUT2D eigenvalue weighted by atomic mass is 10.2. The molecule has 0 aliphatic heterocycles. The number of anilines is 1. The number of carbonyl (C=O) groups excluding carboxylic acids is 1. The quantitative estimate of drug-likeness (QED) is 0.672. The van der Waals surface area contributed by atoms with E-state index >= 15 is 0 Å². The molecule has 3 N–H and O–H groups in total. The maximum absolute atomic E-state index is 11.6. The molecule has 7 heteroatoms. The average molecular weight is 261 g/mol. The van der Waals surface area contributed by atoms with Crippen molar-refractivity contribution in [1.29, 1.82) is 0 Å². The predicted molar refractivity (Wildman–Crippen MR) is 69.2 cm³/mol. The molecule has 2 rings (SSSR count). The van der Waals surface area contributed by atoms with Crippen LogP contribution in [0.15, 0.2) is 24.3 Å². The van der Waals surface area contributed by atoms with E-state index in [2.05, 4.69) is 25.9 Å².